The normalized spacial score (nSPS) is 12.5. The molecule has 0 aliphatic heterocycles. The standard InChI is InChI=1S/C16H23N3O/c1-2-12(7-9-17)3-6-16(20)19-14-4-5-15-13(11-14)8-10-18-15/h4-5,8,10-12,18H,2-3,6-7,9,17H2,1H3,(H,19,20). The van der Waals surface area contributed by atoms with Crippen LogP contribution in [0.1, 0.15) is 32.6 Å². The third kappa shape index (κ3) is 3.84. The quantitative estimate of drug-likeness (QED) is 0.724. The molecule has 0 spiro atoms. The first-order valence-corrected chi connectivity index (χ1v) is 7.30. The van der Waals surface area contributed by atoms with Gasteiger partial charge in [-0.2, -0.15) is 0 Å². The number of benzene rings is 1. The van der Waals surface area contributed by atoms with E-state index in [1.165, 1.54) is 0 Å². The summed E-state index contributed by atoms with van der Waals surface area (Å²) in [5, 5.41) is 4.07. The third-order valence-corrected chi connectivity index (χ3v) is 3.77. The summed E-state index contributed by atoms with van der Waals surface area (Å²) in [5.74, 6) is 0.633. The number of carbonyl (C=O) groups excluding carboxylic acids is 1. The topological polar surface area (TPSA) is 70.9 Å². The lowest BCUT2D eigenvalue weighted by Gasteiger charge is -2.13. The molecule has 0 saturated heterocycles. The highest BCUT2D eigenvalue weighted by Gasteiger charge is 2.09. The van der Waals surface area contributed by atoms with Crippen molar-refractivity contribution in [2.24, 2.45) is 11.7 Å². The second-order valence-electron chi connectivity index (χ2n) is 5.22. The van der Waals surface area contributed by atoms with Crippen LogP contribution >= 0.6 is 0 Å². The van der Waals surface area contributed by atoms with Crippen molar-refractivity contribution in [2.75, 3.05) is 11.9 Å². The number of nitrogens with two attached hydrogens (primary N) is 1. The summed E-state index contributed by atoms with van der Waals surface area (Å²) in [7, 11) is 0. The molecule has 0 aliphatic carbocycles. The molecule has 0 radical (unpaired) electrons. The fourth-order valence-electron chi connectivity index (χ4n) is 2.48. The summed E-state index contributed by atoms with van der Waals surface area (Å²) in [6.45, 7) is 2.85. The van der Waals surface area contributed by atoms with Gasteiger partial charge in [0.05, 0.1) is 0 Å². The van der Waals surface area contributed by atoms with Gasteiger partial charge in [0.25, 0.3) is 0 Å². The summed E-state index contributed by atoms with van der Waals surface area (Å²) in [5.41, 5.74) is 7.51. The van der Waals surface area contributed by atoms with Crippen LogP contribution in [0, 0.1) is 5.92 Å². The van der Waals surface area contributed by atoms with E-state index in [2.05, 4.69) is 17.2 Å². The van der Waals surface area contributed by atoms with E-state index < -0.39 is 0 Å². The maximum Gasteiger partial charge on any atom is 0.224 e. The van der Waals surface area contributed by atoms with Crippen LogP contribution in [0.3, 0.4) is 0 Å². The van der Waals surface area contributed by atoms with Crippen LogP contribution in [0.2, 0.25) is 0 Å². The Bertz CT molecular complexity index is 562. The Labute approximate surface area is 119 Å². The summed E-state index contributed by atoms with van der Waals surface area (Å²) in [6, 6.07) is 7.89. The largest absolute Gasteiger partial charge is 0.361 e. The summed E-state index contributed by atoms with van der Waals surface area (Å²) >= 11 is 0. The molecule has 0 bridgehead atoms. The fourth-order valence-corrected chi connectivity index (χ4v) is 2.48. The van der Waals surface area contributed by atoms with Crippen LogP contribution in [0.5, 0.6) is 0 Å². The molecule has 0 saturated carbocycles. The van der Waals surface area contributed by atoms with Crippen molar-refractivity contribution < 1.29 is 4.79 Å². The van der Waals surface area contributed by atoms with Crippen molar-refractivity contribution >= 4 is 22.5 Å². The number of carbonyl (C=O) groups is 1. The molecule has 1 aromatic carbocycles. The number of fused-ring (bicyclic) bond motifs is 1. The number of nitrogens with one attached hydrogen (secondary N) is 2. The molecule has 0 fully saturated rings. The van der Waals surface area contributed by atoms with Gasteiger partial charge in [-0.1, -0.05) is 13.3 Å². The minimum absolute atomic E-state index is 0.0790. The van der Waals surface area contributed by atoms with Crippen LogP contribution in [0.15, 0.2) is 30.5 Å². The molecule has 2 rings (SSSR count). The predicted molar refractivity (Wildman–Crippen MR) is 83.6 cm³/mol. The Kier molecular flexibility index (Phi) is 5.18. The van der Waals surface area contributed by atoms with Crippen LogP contribution in [-0.4, -0.2) is 17.4 Å². The highest BCUT2D eigenvalue weighted by Crippen LogP contribution is 2.19. The summed E-state index contributed by atoms with van der Waals surface area (Å²) in [4.78, 5) is 15.1. The number of anilines is 1. The van der Waals surface area contributed by atoms with Crippen molar-refractivity contribution in [3.8, 4) is 0 Å². The lowest BCUT2D eigenvalue weighted by Crippen LogP contribution is -2.15. The van der Waals surface area contributed by atoms with Gasteiger partial charge in [-0.3, -0.25) is 4.79 Å². The van der Waals surface area contributed by atoms with Gasteiger partial charge < -0.3 is 16.0 Å². The Morgan fingerprint density at radius 3 is 2.95 bits per heavy atom. The van der Waals surface area contributed by atoms with E-state index in [0.29, 0.717) is 18.9 Å². The van der Waals surface area contributed by atoms with E-state index in [1.807, 2.05) is 30.5 Å². The fraction of sp³-hybridized carbons (Fsp3) is 0.438. The molecule has 1 amide bonds. The average Bonchev–Trinajstić information content (AvgIpc) is 2.91. The first-order valence-electron chi connectivity index (χ1n) is 7.30. The predicted octanol–water partition coefficient (Wildman–Crippen LogP) is 3.26. The SMILES string of the molecule is CCC(CCN)CCC(=O)Nc1ccc2[nH]ccc2c1. The smallest absolute Gasteiger partial charge is 0.224 e. The highest BCUT2D eigenvalue weighted by molar-refractivity contribution is 5.93. The minimum Gasteiger partial charge on any atom is -0.361 e. The van der Waals surface area contributed by atoms with E-state index in [-0.39, 0.29) is 5.91 Å². The number of amides is 1. The molecule has 1 atom stereocenters. The zero-order valence-corrected chi connectivity index (χ0v) is 12.0. The average molecular weight is 273 g/mol. The van der Waals surface area contributed by atoms with Gasteiger partial charge in [-0.15, -0.1) is 0 Å². The van der Waals surface area contributed by atoms with Crippen LogP contribution in [0.4, 0.5) is 5.69 Å². The second kappa shape index (κ2) is 7.10. The summed E-state index contributed by atoms with van der Waals surface area (Å²) in [6.07, 6.45) is 5.45. The molecular weight excluding hydrogens is 250 g/mol. The number of hydrogen-bond donors (Lipinski definition) is 3. The van der Waals surface area contributed by atoms with Crippen LogP contribution in [0.25, 0.3) is 10.9 Å². The number of aromatic nitrogens is 1. The Morgan fingerprint density at radius 1 is 1.35 bits per heavy atom. The van der Waals surface area contributed by atoms with Crippen molar-refractivity contribution in [1.82, 2.24) is 4.98 Å². The molecule has 2 aromatic rings. The minimum atomic E-state index is 0.0790. The molecule has 20 heavy (non-hydrogen) atoms. The molecule has 1 unspecified atom stereocenters. The van der Waals surface area contributed by atoms with E-state index in [0.717, 1.165) is 35.9 Å². The second-order valence-corrected chi connectivity index (χ2v) is 5.22. The summed E-state index contributed by atoms with van der Waals surface area (Å²) < 4.78 is 0. The molecule has 0 aliphatic rings. The maximum atomic E-state index is 12.0. The molecule has 1 aromatic heterocycles. The Balaban J connectivity index is 1.87. The van der Waals surface area contributed by atoms with Crippen molar-refractivity contribution in [1.29, 1.82) is 0 Å². The molecule has 4 N–H and O–H groups in total. The van der Waals surface area contributed by atoms with Gasteiger partial charge in [0.2, 0.25) is 5.91 Å². The maximum absolute atomic E-state index is 12.0. The van der Waals surface area contributed by atoms with Crippen LogP contribution in [-0.2, 0) is 4.79 Å². The molecule has 1 heterocycles. The van der Waals surface area contributed by atoms with Gasteiger partial charge in [0, 0.05) is 29.2 Å². The zero-order chi connectivity index (χ0) is 14.4. The van der Waals surface area contributed by atoms with Gasteiger partial charge in [-0.25, -0.2) is 0 Å². The monoisotopic (exact) mass is 273 g/mol. The lowest BCUT2D eigenvalue weighted by atomic mass is 9.96. The van der Waals surface area contributed by atoms with Crippen molar-refractivity contribution in [3.05, 3.63) is 30.5 Å². The van der Waals surface area contributed by atoms with Crippen molar-refractivity contribution in [2.45, 2.75) is 32.6 Å². The van der Waals surface area contributed by atoms with Gasteiger partial charge in [0.15, 0.2) is 0 Å². The van der Waals surface area contributed by atoms with Crippen molar-refractivity contribution in [3.63, 3.8) is 0 Å². The van der Waals surface area contributed by atoms with Gasteiger partial charge in [-0.05, 0) is 49.6 Å². The number of rotatable bonds is 7. The van der Waals surface area contributed by atoms with Gasteiger partial charge in [0.1, 0.15) is 0 Å². The Hall–Kier alpha value is -1.81. The highest BCUT2D eigenvalue weighted by atomic mass is 16.1. The molecular formula is C16H23N3O. The van der Waals surface area contributed by atoms with E-state index in [9.17, 15) is 4.79 Å². The number of hydrogen-bond acceptors (Lipinski definition) is 2. The first kappa shape index (κ1) is 14.6. The number of aromatic amines is 1. The Morgan fingerprint density at radius 2 is 2.20 bits per heavy atom. The number of H-pyrrole nitrogens is 1. The van der Waals surface area contributed by atoms with E-state index in [1.54, 1.807) is 0 Å². The van der Waals surface area contributed by atoms with E-state index >= 15 is 0 Å². The lowest BCUT2D eigenvalue weighted by molar-refractivity contribution is -0.116. The zero-order valence-electron chi connectivity index (χ0n) is 12.0. The molecule has 4 nitrogen and oxygen atoms in total. The third-order valence-electron chi connectivity index (χ3n) is 3.77. The molecule has 4 heteroatoms. The molecule has 108 valence electrons. The van der Waals surface area contributed by atoms with E-state index in [4.69, 9.17) is 5.73 Å². The van der Waals surface area contributed by atoms with Gasteiger partial charge >= 0.3 is 0 Å². The van der Waals surface area contributed by atoms with Crippen LogP contribution < -0.4 is 11.1 Å². The first-order chi connectivity index (χ1) is 9.72.